The van der Waals surface area contributed by atoms with Crippen molar-refractivity contribution in [3.63, 3.8) is 0 Å². The zero-order valence-corrected chi connectivity index (χ0v) is 14.4. The highest BCUT2D eigenvalue weighted by Crippen LogP contribution is 2.22. The lowest BCUT2D eigenvalue weighted by atomic mass is 10.2. The number of hydrogen-bond acceptors (Lipinski definition) is 5. The van der Waals surface area contributed by atoms with Crippen molar-refractivity contribution in [1.29, 1.82) is 0 Å². The summed E-state index contributed by atoms with van der Waals surface area (Å²) in [6.07, 6.45) is 0.538. The predicted octanol–water partition coefficient (Wildman–Crippen LogP) is 3.59. The highest BCUT2D eigenvalue weighted by Gasteiger charge is 2.15. The van der Waals surface area contributed by atoms with Gasteiger partial charge in [0.2, 0.25) is 0 Å². The number of carbonyl (C=O) groups is 1. The largest absolute Gasteiger partial charge is 0.351 e. The summed E-state index contributed by atoms with van der Waals surface area (Å²) >= 11 is 1.51. The number of fused-ring (bicyclic) bond motifs is 1. The van der Waals surface area contributed by atoms with Crippen LogP contribution < -0.4 is 0 Å². The van der Waals surface area contributed by atoms with Crippen molar-refractivity contribution in [2.45, 2.75) is 6.42 Å². The molecule has 0 bridgehead atoms. The van der Waals surface area contributed by atoms with Crippen molar-refractivity contribution in [1.82, 2.24) is 20.0 Å². The molecular formula is C18H16N4O2S. The van der Waals surface area contributed by atoms with Crippen molar-refractivity contribution < 1.29 is 9.32 Å². The molecule has 0 aliphatic heterocycles. The molecule has 0 fully saturated rings. The predicted molar refractivity (Wildman–Crippen MR) is 96.6 cm³/mol. The molecule has 3 heterocycles. The van der Waals surface area contributed by atoms with Crippen molar-refractivity contribution in [3.8, 4) is 11.6 Å². The van der Waals surface area contributed by atoms with Crippen LogP contribution in [-0.2, 0) is 6.42 Å². The molecule has 4 rings (SSSR count). The standard InChI is InChI=1S/C18H16N4O2S/c1-22(18(23)13-7-9-25-11-13)8-6-16-20-17(24-21-16)15-10-12-4-2-3-5-14(12)19-15/h2-5,7,9-11,19H,6,8H2,1H3. The number of aromatic nitrogens is 3. The van der Waals surface area contributed by atoms with Gasteiger partial charge in [-0.1, -0.05) is 23.4 Å². The minimum Gasteiger partial charge on any atom is -0.351 e. The van der Waals surface area contributed by atoms with Crippen LogP contribution in [0.2, 0.25) is 0 Å². The number of amides is 1. The SMILES string of the molecule is CN(CCc1noc(-c2cc3ccccc3[nH]2)n1)C(=O)c1ccsc1. The van der Waals surface area contributed by atoms with Gasteiger partial charge in [-0.05, 0) is 23.6 Å². The number of para-hydroxylation sites is 1. The lowest BCUT2D eigenvalue weighted by molar-refractivity contribution is 0.0796. The zero-order valence-electron chi connectivity index (χ0n) is 13.6. The van der Waals surface area contributed by atoms with E-state index in [1.54, 1.807) is 11.9 Å². The third-order valence-electron chi connectivity index (χ3n) is 4.01. The number of H-pyrrole nitrogens is 1. The average Bonchev–Trinajstić information content (AvgIpc) is 3.38. The summed E-state index contributed by atoms with van der Waals surface area (Å²) < 4.78 is 5.35. The van der Waals surface area contributed by atoms with E-state index in [1.165, 1.54) is 11.3 Å². The average molecular weight is 352 g/mol. The fourth-order valence-corrected chi connectivity index (χ4v) is 3.26. The molecule has 1 N–H and O–H groups in total. The molecular weight excluding hydrogens is 336 g/mol. The quantitative estimate of drug-likeness (QED) is 0.595. The van der Waals surface area contributed by atoms with Gasteiger partial charge >= 0.3 is 0 Å². The molecule has 0 aliphatic rings. The van der Waals surface area contributed by atoms with Crippen LogP contribution in [0.4, 0.5) is 0 Å². The molecule has 6 nitrogen and oxygen atoms in total. The Morgan fingerprint density at radius 3 is 3.00 bits per heavy atom. The number of hydrogen-bond donors (Lipinski definition) is 1. The van der Waals surface area contributed by atoms with Crippen LogP contribution >= 0.6 is 11.3 Å². The maximum Gasteiger partial charge on any atom is 0.274 e. The van der Waals surface area contributed by atoms with Gasteiger partial charge in [0.05, 0.1) is 5.56 Å². The molecule has 0 unspecified atom stereocenters. The number of nitrogens with zero attached hydrogens (tertiary/aromatic N) is 3. The first-order chi connectivity index (χ1) is 12.2. The first kappa shape index (κ1) is 15.6. The molecule has 0 saturated heterocycles. The first-order valence-corrected chi connectivity index (χ1v) is 8.83. The van der Waals surface area contributed by atoms with Gasteiger partial charge in [0, 0.05) is 36.3 Å². The second-order valence-electron chi connectivity index (χ2n) is 5.77. The van der Waals surface area contributed by atoms with Gasteiger partial charge in [0.1, 0.15) is 5.69 Å². The Labute approximate surface area is 148 Å². The lowest BCUT2D eigenvalue weighted by Crippen LogP contribution is -2.28. The monoisotopic (exact) mass is 352 g/mol. The Kier molecular flexibility index (Phi) is 4.07. The normalized spacial score (nSPS) is 11.1. The minimum absolute atomic E-state index is 0.000542. The van der Waals surface area contributed by atoms with Gasteiger partial charge < -0.3 is 14.4 Å². The number of rotatable bonds is 5. The molecule has 0 saturated carbocycles. The van der Waals surface area contributed by atoms with Crippen LogP contribution in [0, 0.1) is 0 Å². The van der Waals surface area contributed by atoms with Crippen molar-refractivity contribution in [2.24, 2.45) is 0 Å². The number of aromatic amines is 1. The molecule has 25 heavy (non-hydrogen) atoms. The third kappa shape index (κ3) is 3.18. The van der Waals surface area contributed by atoms with Crippen LogP contribution in [-0.4, -0.2) is 39.5 Å². The van der Waals surface area contributed by atoms with Gasteiger partial charge in [-0.3, -0.25) is 4.79 Å². The maximum atomic E-state index is 12.2. The summed E-state index contributed by atoms with van der Waals surface area (Å²) in [7, 11) is 1.78. The first-order valence-electron chi connectivity index (χ1n) is 7.89. The molecule has 126 valence electrons. The van der Waals surface area contributed by atoms with Crippen LogP contribution in [0.1, 0.15) is 16.2 Å². The summed E-state index contributed by atoms with van der Waals surface area (Å²) in [5.41, 5.74) is 2.53. The van der Waals surface area contributed by atoms with E-state index in [4.69, 9.17) is 4.52 Å². The van der Waals surface area contributed by atoms with E-state index in [9.17, 15) is 4.79 Å². The Balaban J connectivity index is 1.43. The molecule has 3 aromatic heterocycles. The Hall–Kier alpha value is -2.93. The number of benzene rings is 1. The Morgan fingerprint density at radius 1 is 1.32 bits per heavy atom. The van der Waals surface area contributed by atoms with E-state index in [0.29, 0.717) is 30.2 Å². The Bertz CT molecular complexity index is 970. The molecule has 7 heteroatoms. The molecule has 0 radical (unpaired) electrons. The maximum absolute atomic E-state index is 12.2. The number of carbonyl (C=O) groups excluding carboxylic acids is 1. The van der Waals surface area contributed by atoms with Crippen LogP contribution in [0.3, 0.4) is 0 Å². The van der Waals surface area contributed by atoms with Gasteiger partial charge in [-0.15, -0.1) is 0 Å². The van der Waals surface area contributed by atoms with Crippen molar-refractivity contribution in [2.75, 3.05) is 13.6 Å². The summed E-state index contributed by atoms with van der Waals surface area (Å²) in [5.74, 6) is 1.04. The van der Waals surface area contributed by atoms with Crippen molar-refractivity contribution in [3.05, 3.63) is 58.5 Å². The second kappa shape index (κ2) is 6.52. The number of likely N-dealkylation sites (N-methyl/N-ethyl adjacent to an activating group) is 1. The molecule has 1 amide bonds. The lowest BCUT2D eigenvalue weighted by Gasteiger charge is -2.14. The van der Waals surface area contributed by atoms with Gasteiger partial charge in [-0.2, -0.15) is 16.3 Å². The van der Waals surface area contributed by atoms with Gasteiger partial charge in [0.25, 0.3) is 11.8 Å². The van der Waals surface area contributed by atoms with Crippen LogP contribution in [0.15, 0.2) is 51.7 Å². The summed E-state index contributed by atoms with van der Waals surface area (Å²) in [4.78, 5) is 21.6. The summed E-state index contributed by atoms with van der Waals surface area (Å²) in [6.45, 7) is 0.528. The van der Waals surface area contributed by atoms with Crippen molar-refractivity contribution >= 4 is 28.1 Å². The fourth-order valence-electron chi connectivity index (χ4n) is 2.63. The number of thiophene rings is 1. The Morgan fingerprint density at radius 2 is 2.20 bits per heavy atom. The molecule has 0 atom stereocenters. The molecule has 0 aliphatic carbocycles. The van der Waals surface area contributed by atoms with E-state index in [1.807, 2.05) is 47.2 Å². The van der Waals surface area contributed by atoms with Crippen LogP contribution in [0.25, 0.3) is 22.5 Å². The summed E-state index contributed by atoms with van der Waals surface area (Å²) in [6, 6.07) is 11.8. The fraction of sp³-hybridized carbons (Fsp3) is 0.167. The van der Waals surface area contributed by atoms with E-state index >= 15 is 0 Å². The smallest absolute Gasteiger partial charge is 0.274 e. The second-order valence-corrected chi connectivity index (χ2v) is 6.55. The molecule has 4 aromatic rings. The van der Waals surface area contributed by atoms with E-state index < -0.39 is 0 Å². The highest BCUT2D eigenvalue weighted by molar-refractivity contribution is 7.08. The highest BCUT2D eigenvalue weighted by atomic mass is 32.1. The van der Waals surface area contributed by atoms with Gasteiger partial charge in [-0.25, -0.2) is 0 Å². The third-order valence-corrected chi connectivity index (χ3v) is 4.70. The number of nitrogens with one attached hydrogen (secondary N) is 1. The van der Waals surface area contributed by atoms with Crippen LogP contribution in [0.5, 0.6) is 0 Å². The van der Waals surface area contributed by atoms with E-state index in [0.717, 1.165) is 16.6 Å². The zero-order chi connectivity index (χ0) is 17.2. The topological polar surface area (TPSA) is 75.0 Å². The van der Waals surface area contributed by atoms with E-state index in [-0.39, 0.29) is 5.91 Å². The molecule has 1 aromatic carbocycles. The summed E-state index contributed by atoms with van der Waals surface area (Å²) in [5, 5.41) is 8.85. The molecule has 0 spiro atoms. The minimum atomic E-state index is 0.000542. The van der Waals surface area contributed by atoms with Gasteiger partial charge in [0.15, 0.2) is 5.82 Å². The van der Waals surface area contributed by atoms with E-state index in [2.05, 4.69) is 15.1 Å².